The number of hydrogen-bond donors (Lipinski definition) is 4. The molecule has 1 aromatic rings. The number of aromatic amines is 1. The zero-order valence-corrected chi connectivity index (χ0v) is 5.88. The zero-order chi connectivity index (χ0) is 8.43. The van der Waals surface area contributed by atoms with Crippen LogP contribution in [-0.4, -0.2) is 15.1 Å². The molecule has 0 unspecified atom stereocenters. The van der Waals surface area contributed by atoms with E-state index in [1.54, 1.807) is 0 Å². The highest BCUT2D eigenvalue weighted by atomic mass is 16.3. The minimum Gasteiger partial charge on any atom is -0.493 e. The average Bonchev–Trinajstić information content (AvgIpc) is 1.99. The van der Waals surface area contributed by atoms with E-state index in [2.05, 4.69) is 15.4 Å². The van der Waals surface area contributed by atoms with Crippen LogP contribution in [-0.2, 0) is 0 Å². The average molecular weight is 156 g/mol. The summed E-state index contributed by atoms with van der Waals surface area (Å²) in [5, 5.41) is 8.99. The molecule has 0 aliphatic rings. The predicted octanol–water partition coefficient (Wildman–Crippen LogP) is -0.930. The zero-order valence-electron chi connectivity index (χ0n) is 5.88. The number of hydrazine groups is 1. The molecule has 1 heterocycles. The second kappa shape index (κ2) is 2.59. The summed E-state index contributed by atoms with van der Waals surface area (Å²) in [5.74, 6) is 4.67. The van der Waals surface area contributed by atoms with Gasteiger partial charge in [0.15, 0.2) is 0 Å². The lowest BCUT2D eigenvalue weighted by molar-refractivity contribution is 0.447. The van der Waals surface area contributed by atoms with E-state index in [4.69, 9.17) is 10.9 Å². The number of nitrogens with zero attached hydrogens (tertiary/aromatic N) is 1. The first-order chi connectivity index (χ1) is 5.15. The molecule has 1 rings (SSSR count). The van der Waals surface area contributed by atoms with Crippen LogP contribution in [0.1, 0.15) is 5.56 Å². The second-order valence-electron chi connectivity index (χ2n) is 2.01. The molecule has 11 heavy (non-hydrogen) atoms. The molecule has 5 N–H and O–H groups in total. The van der Waals surface area contributed by atoms with E-state index < -0.39 is 5.56 Å². The maximum atomic E-state index is 10.9. The number of rotatable bonds is 1. The van der Waals surface area contributed by atoms with E-state index in [1.807, 2.05) is 0 Å². The largest absolute Gasteiger partial charge is 0.493 e. The molecule has 0 amide bonds. The van der Waals surface area contributed by atoms with Crippen LogP contribution < -0.4 is 16.8 Å². The number of aromatic nitrogens is 2. The fraction of sp³-hybridized carbons (Fsp3) is 0.200. The molecule has 0 spiro atoms. The van der Waals surface area contributed by atoms with Crippen molar-refractivity contribution in [1.82, 2.24) is 9.97 Å². The fourth-order valence-corrected chi connectivity index (χ4v) is 0.589. The van der Waals surface area contributed by atoms with Gasteiger partial charge in [-0.1, -0.05) is 0 Å². The van der Waals surface area contributed by atoms with Crippen molar-refractivity contribution in [2.75, 3.05) is 5.43 Å². The molecule has 0 saturated heterocycles. The molecule has 60 valence electrons. The van der Waals surface area contributed by atoms with Gasteiger partial charge in [0.1, 0.15) is 0 Å². The van der Waals surface area contributed by atoms with Crippen LogP contribution in [0.3, 0.4) is 0 Å². The molecule has 0 radical (unpaired) electrons. The van der Waals surface area contributed by atoms with Gasteiger partial charge in [0.05, 0.1) is 5.56 Å². The Hall–Kier alpha value is -1.56. The van der Waals surface area contributed by atoms with E-state index in [9.17, 15) is 4.79 Å². The van der Waals surface area contributed by atoms with E-state index in [0.29, 0.717) is 0 Å². The van der Waals surface area contributed by atoms with Gasteiger partial charge in [-0.05, 0) is 6.92 Å². The minimum atomic E-state index is -0.412. The molecule has 0 aromatic carbocycles. The maximum absolute atomic E-state index is 10.9. The van der Waals surface area contributed by atoms with Gasteiger partial charge in [-0.3, -0.25) is 15.2 Å². The summed E-state index contributed by atoms with van der Waals surface area (Å²) in [6, 6.07) is 0. The molecule has 0 fully saturated rings. The Bertz CT molecular complexity index is 319. The standard InChI is InChI=1S/C5H8N4O2/c1-2-3(10)7-5(9-6)8-4(2)11/h6H2,1H3,(H3,7,8,9,10,11). The summed E-state index contributed by atoms with van der Waals surface area (Å²) < 4.78 is 0. The smallest absolute Gasteiger partial charge is 0.259 e. The number of H-pyrrole nitrogens is 1. The number of anilines is 1. The lowest BCUT2D eigenvalue weighted by Gasteiger charge is -1.99. The number of nitrogens with one attached hydrogen (secondary N) is 2. The highest BCUT2D eigenvalue weighted by Gasteiger charge is 2.03. The Balaban J connectivity index is 3.32. The lowest BCUT2D eigenvalue weighted by Crippen LogP contribution is -2.18. The van der Waals surface area contributed by atoms with Crippen molar-refractivity contribution in [2.45, 2.75) is 6.92 Å². The summed E-state index contributed by atoms with van der Waals surface area (Å²) in [6.45, 7) is 1.46. The van der Waals surface area contributed by atoms with Crippen molar-refractivity contribution in [2.24, 2.45) is 5.84 Å². The topological polar surface area (TPSA) is 104 Å². The van der Waals surface area contributed by atoms with Crippen LogP contribution in [0, 0.1) is 6.92 Å². The third-order valence-electron chi connectivity index (χ3n) is 1.26. The quantitative estimate of drug-likeness (QED) is 0.310. The van der Waals surface area contributed by atoms with E-state index in [-0.39, 0.29) is 17.4 Å². The van der Waals surface area contributed by atoms with Crippen LogP contribution >= 0.6 is 0 Å². The second-order valence-corrected chi connectivity index (χ2v) is 2.01. The highest BCUT2D eigenvalue weighted by molar-refractivity contribution is 5.30. The first kappa shape index (κ1) is 7.55. The Morgan fingerprint density at radius 2 is 2.36 bits per heavy atom. The van der Waals surface area contributed by atoms with E-state index in [0.717, 1.165) is 0 Å². The molecular weight excluding hydrogens is 148 g/mol. The Morgan fingerprint density at radius 1 is 1.73 bits per heavy atom. The van der Waals surface area contributed by atoms with Crippen molar-refractivity contribution >= 4 is 5.95 Å². The first-order valence-corrected chi connectivity index (χ1v) is 2.91. The molecule has 1 aromatic heterocycles. The minimum absolute atomic E-state index is 0.0399. The SMILES string of the molecule is Cc1c(O)nc(NN)[nH]c1=O. The molecule has 0 saturated carbocycles. The van der Waals surface area contributed by atoms with Crippen molar-refractivity contribution in [1.29, 1.82) is 0 Å². The van der Waals surface area contributed by atoms with Gasteiger partial charge in [-0.2, -0.15) is 4.98 Å². The Morgan fingerprint density at radius 3 is 2.82 bits per heavy atom. The molecule has 0 bridgehead atoms. The fourth-order valence-electron chi connectivity index (χ4n) is 0.589. The van der Waals surface area contributed by atoms with Crippen LogP contribution in [0.5, 0.6) is 5.88 Å². The highest BCUT2D eigenvalue weighted by Crippen LogP contribution is 2.06. The number of hydrogen-bond acceptors (Lipinski definition) is 5. The van der Waals surface area contributed by atoms with Crippen LogP contribution in [0.4, 0.5) is 5.95 Å². The Kier molecular flexibility index (Phi) is 1.77. The van der Waals surface area contributed by atoms with Crippen molar-refractivity contribution in [3.63, 3.8) is 0 Å². The molecule has 6 nitrogen and oxygen atoms in total. The van der Waals surface area contributed by atoms with Gasteiger partial charge >= 0.3 is 0 Å². The Labute approximate surface area is 62.1 Å². The summed E-state index contributed by atoms with van der Waals surface area (Å²) in [5.41, 5.74) is 1.87. The predicted molar refractivity (Wildman–Crippen MR) is 39.1 cm³/mol. The van der Waals surface area contributed by atoms with Gasteiger partial charge in [-0.15, -0.1) is 0 Å². The summed E-state index contributed by atoms with van der Waals surface area (Å²) >= 11 is 0. The van der Waals surface area contributed by atoms with Crippen molar-refractivity contribution in [3.05, 3.63) is 15.9 Å². The summed E-state index contributed by atoms with van der Waals surface area (Å²) in [6.07, 6.45) is 0. The van der Waals surface area contributed by atoms with Crippen LogP contribution in [0.15, 0.2) is 4.79 Å². The van der Waals surface area contributed by atoms with E-state index in [1.165, 1.54) is 6.92 Å². The normalized spacial score (nSPS) is 9.64. The van der Waals surface area contributed by atoms with E-state index >= 15 is 0 Å². The molecule has 0 atom stereocenters. The molecule has 6 heteroatoms. The number of aromatic hydroxyl groups is 1. The molecule has 0 aliphatic carbocycles. The maximum Gasteiger partial charge on any atom is 0.259 e. The van der Waals surface area contributed by atoms with Crippen LogP contribution in [0.25, 0.3) is 0 Å². The first-order valence-electron chi connectivity index (χ1n) is 2.91. The van der Waals surface area contributed by atoms with Crippen LogP contribution in [0.2, 0.25) is 0 Å². The third kappa shape index (κ3) is 1.30. The lowest BCUT2D eigenvalue weighted by atomic mass is 10.4. The van der Waals surface area contributed by atoms with Gasteiger partial charge in [0.25, 0.3) is 5.56 Å². The third-order valence-corrected chi connectivity index (χ3v) is 1.26. The monoisotopic (exact) mass is 156 g/mol. The van der Waals surface area contributed by atoms with Crippen molar-refractivity contribution < 1.29 is 5.11 Å². The van der Waals surface area contributed by atoms with Gasteiger partial charge in [0.2, 0.25) is 11.8 Å². The summed E-state index contributed by atoms with van der Waals surface area (Å²) in [4.78, 5) is 16.7. The van der Waals surface area contributed by atoms with Gasteiger partial charge < -0.3 is 5.11 Å². The number of nitrogen functional groups attached to an aromatic ring is 1. The molecular formula is C5H8N4O2. The number of nitrogens with two attached hydrogens (primary N) is 1. The van der Waals surface area contributed by atoms with Gasteiger partial charge in [0, 0.05) is 0 Å². The van der Waals surface area contributed by atoms with Gasteiger partial charge in [-0.25, -0.2) is 5.84 Å². The summed E-state index contributed by atoms with van der Waals surface area (Å²) in [7, 11) is 0. The van der Waals surface area contributed by atoms with Crippen molar-refractivity contribution in [3.8, 4) is 5.88 Å². The molecule has 0 aliphatic heterocycles.